The van der Waals surface area contributed by atoms with Crippen LogP contribution in [0.3, 0.4) is 0 Å². The topological polar surface area (TPSA) is 283 Å². The zero-order valence-corrected chi connectivity index (χ0v) is 37.1. The minimum Gasteiger partial charge on any atom is -0.481 e. The number of primary amides is 1. The number of rotatable bonds is 45. The summed E-state index contributed by atoms with van der Waals surface area (Å²) in [5.74, 6) is -3.65. The van der Waals surface area contributed by atoms with Crippen LogP contribution in [-0.4, -0.2) is 136 Å². The highest BCUT2D eigenvalue weighted by molar-refractivity contribution is 7.78. The number of amides is 5. The van der Waals surface area contributed by atoms with Crippen molar-refractivity contribution in [3.8, 4) is 0 Å². The predicted octanol–water partition coefficient (Wildman–Crippen LogP) is 2.54. The number of nitrogens with two attached hydrogens (primary N) is 1. The van der Waals surface area contributed by atoms with Gasteiger partial charge in [-0.05, 0) is 38.5 Å². The summed E-state index contributed by atoms with van der Waals surface area (Å²) in [6, 6.07) is -1.65. The van der Waals surface area contributed by atoms with Crippen LogP contribution < -0.4 is 31.7 Å². The Morgan fingerprint density at radius 2 is 0.902 bits per heavy atom. The summed E-state index contributed by atoms with van der Waals surface area (Å²) in [7, 11) is 0. The number of nitrogens with one attached hydrogen (secondary N) is 5. The molecular formula is C41H76N6O13S. The summed E-state index contributed by atoms with van der Waals surface area (Å²) in [6.07, 6.45) is 17.3. The lowest BCUT2D eigenvalue weighted by Gasteiger charge is -2.14. The normalized spacial score (nSPS) is 12.0. The summed E-state index contributed by atoms with van der Waals surface area (Å²) in [4.78, 5) is 81.5. The number of unbranched alkanes of at least 4 members (excludes halogenated alkanes) is 14. The second-order valence-corrected chi connectivity index (χ2v) is 15.1. The molecule has 0 unspecified atom stereocenters. The Bertz CT molecular complexity index is 1200. The number of hydrogen-bond donors (Lipinski definition) is 9. The van der Waals surface area contributed by atoms with Crippen molar-refractivity contribution in [3.05, 3.63) is 0 Å². The molecule has 0 aromatic rings. The molecule has 0 spiro atoms. The molecule has 20 heteroatoms. The Morgan fingerprint density at radius 3 is 1.36 bits per heavy atom. The quantitative estimate of drug-likeness (QED) is 0.0314. The molecule has 354 valence electrons. The molecule has 0 aliphatic rings. The fourth-order valence-corrected chi connectivity index (χ4v) is 6.20. The van der Waals surface area contributed by atoms with E-state index in [2.05, 4.69) is 38.8 Å². The number of aliphatic carboxylic acids is 2. The van der Waals surface area contributed by atoms with E-state index in [0.29, 0.717) is 32.2 Å². The highest BCUT2D eigenvalue weighted by Gasteiger charge is 2.21. The van der Waals surface area contributed by atoms with Crippen molar-refractivity contribution in [3.63, 3.8) is 0 Å². The third-order valence-corrected chi connectivity index (χ3v) is 9.74. The number of hydrogen-bond acceptors (Lipinski definition) is 13. The summed E-state index contributed by atoms with van der Waals surface area (Å²) >= 11 is 3.86. The lowest BCUT2D eigenvalue weighted by Crippen LogP contribution is -2.41. The van der Waals surface area contributed by atoms with Crippen LogP contribution in [0.15, 0.2) is 0 Å². The Balaban J connectivity index is 3.65. The number of carbonyl (C=O) groups is 7. The van der Waals surface area contributed by atoms with Gasteiger partial charge in [0.2, 0.25) is 29.5 Å². The molecule has 0 aliphatic carbocycles. The SMILES string of the molecule is NC(=O)[C@H](CCCCNC(=O)COCCOCCNC(=O)COCCOCCNC(=O)CC[C@H](NC(=O)CCCCCCCCCCCCCCCCC(=O)O)C(=O)O)NS. The van der Waals surface area contributed by atoms with Crippen LogP contribution in [0, 0.1) is 0 Å². The van der Waals surface area contributed by atoms with Gasteiger partial charge in [0.25, 0.3) is 0 Å². The van der Waals surface area contributed by atoms with Gasteiger partial charge in [-0.3, -0.25) is 33.5 Å². The largest absolute Gasteiger partial charge is 0.481 e. The van der Waals surface area contributed by atoms with Gasteiger partial charge in [0.1, 0.15) is 19.3 Å². The second kappa shape index (κ2) is 41.8. The molecule has 9 N–H and O–H groups in total. The highest BCUT2D eigenvalue weighted by Crippen LogP contribution is 2.14. The van der Waals surface area contributed by atoms with E-state index in [1.807, 2.05) is 0 Å². The molecule has 0 rings (SSSR count). The summed E-state index contributed by atoms with van der Waals surface area (Å²) in [5.41, 5.74) is 5.22. The molecule has 5 amide bonds. The van der Waals surface area contributed by atoms with Crippen molar-refractivity contribution in [2.75, 3.05) is 72.5 Å². The van der Waals surface area contributed by atoms with Crippen molar-refractivity contribution in [1.29, 1.82) is 0 Å². The van der Waals surface area contributed by atoms with Gasteiger partial charge in [-0.1, -0.05) is 89.9 Å². The highest BCUT2D eigenvalue weighted by atomic mass is 32.1. The van der Waals surface area contributed by atoms with E-state index in [-0.39, 0.29) is 115 Å². The first-order valence-electron chi connectivity index (χ1n) is 22.0. The summed E-state index contributed by atoms with van der Waals surface area (Å²) in [5, 5.41) is 28.7. The van der Waals surface area contributed by atoms with Crippen molar-refractivity contribution in [2.45, 2.75) is 147 Å². The van der Waals surface area contributed by atoms with E-state index in [1.165, 1.54) is 44.9 Å². The number of thiol groups is 1. The van der Waals surface area contributed by atoms with Crippen LogP contribution in [0.4, 0.5) is 0 Å². The molecule has 0 saturated carbocycles. The average Bonchev–Trinajstić information content (AvgIpc) is 3.22. The van der Waals surface area contributed by atoms with Crippen LogP contribution >= 0.6 is 12.8 Å². The molecule has 19 nitrogen and oxygen atoms in total. The van der Waals surface area contributed by atoms with Crippen LogP contribution in [-0.2, 0) is 52.5 Å². The monoisotopic (exact) mass is 893 g/mol. The molecule has 2 atom stereocenters. The molecule has 0 radical (unpaired) electrons. The number of carbonyl (C=O) groups excluding carboxylic acids is 5. The van der Waals surface area contributed by atoms with Gasteiger partial charge in [-0.15, -0.1) is 0 Å². The third-order valence-electron chi connectivity index (χ3n) is 9.43. The van der Waals surface area contributed by atoms with Gasteiger partial charge in [-0.25, -0.2) is 4.79 Å². The first-order valence-corrected chi connectivity index (χ1v) is 22.4. The molecular weight excluding hydrogens is 817 g/mol. The van der Waals surface area contributed by atoms with E-state index in [9.17, 15) is 38.7 Å². The van der Waals surface area contributed by atoms with Gasteiger partial charge in [0.05, 0.1) is 45.7 Å². The number of carboxylic acids is 2. The third kappa shape index (κ3) is 40.3. The van der Waals surface area contributed by atoms with Gasteiger partial charge >= 0.3 is 11.9 Å². The molecule has 0 aromatic heterocycles. The average molecular weight is 893 g/mol. The first kappa shape index (κ1) is 57.4. The number of ether oxygens (including phenoxy) is 4. The molecule has 61 heavy (non-hydrogen) atoms. The van der Waals surface area contributed by atoms with E-state index >= 15 is 0 Å². The molecule has 0 bridgehead atoms. The predicted molar refractivity (Wildman–Crippen MR) is 232 cm³/mol. The van der Waals surface area contributed by atoms with Crippen LogP contribution in [0.2, 0.25) is 0 Å². The molecule has 0 aromatic carbocycles. The maximum Gasteiger partial charge on any atom is 0.326 e. The van der Waals surface area contributed by atoms with E-state index in [1.54, 1.807) is 0 Å². The fourth-order valence-electron chi connectivity index (χ4n) is 5.94. The van der Waals surface area contributed by atoms with Crippen molar-refractivity contribution < 1.29 is 62.7 Å². The minimum absolute atomic E-state index is 0.0296. The molecule has 0 saturated heterocycles. The molecule has 0 heterocycles. The fraction of sp³-hybridized carbons (Fsp3) is 0.829. The Hall–Kier alpha value is -3.56. The van der Waals surface area contributed by atoms with Crippen molar-refractivity contribution in [2.24, 2.45) is 5.73 Å². The first-order chi connectivity index (χ1) is 29.5. The zero-order valence-electron chi connectivity index (χ0n) is 36.2. The van der Waals surface area contributed by atoms with Crippen LogP contribution in [0.1, 0.15) is 135 Å². The Labute approximate surface area is 367 Å². The van der Waals surface area contributed by atoms with Crippen molar-refractivity contribution in [1.82, 2.24) is 26.0 Å². The van der Waals surface area contributed by atoms with E-state index < -0.39 is 29.9 Å². The second-order valence-electron chi connectivity index (χ2n) is 14.8. The van der Waals surface area contributed by atoms with Crippen LogP contribution in [0.25, 0.3) is 0 Å². The maximum atomic E-state index is 12.3. The van der Waals surface area contributed by atoms with Gasteiger partial charge in [0.15, 0.2) is 0 Å². The van der Waals surface area contributed by atoms with E-state index in [4.69, 9.17) is 29.8 Å². The van der Waals surface area contributed by atoms with Gasteiger partial charge < -0.3 is 56.2 Å². The Kier molecular flexibility index (Phi) is 39.3. The standard InChI is InChI=1S/C41H76N6O13S/c42-40(54)33(47-61)17-15-16-22-43-37(50)31-59-29-28-58-26-24-45-38(51)32-60-30-27-57-25-23-44-35(48)21-20-34(41(55)56)46-36(49)18-13-11-9-7-5-3-1-2-4-6-8-10-12-14-19-39(52)53/h33-34,47,61H,1-32H2,(H2,42,54)(H,43,50)(H,44,48)(H,45,51)(H,46,49)(H,52,53)(H,55,56)/t33-,34-/m0/s1. The lowest BCUT2D eigenvalue weighted by atomic mass is 10.0. The zero-order chi connectivity index (χ0) is 45.2. The summed E-state index contributed by atoms with van der Waals surface area (Å²) in [6.45, 7) is 1.91. The Morgan fingerprint density at radius 1 is 0.459 bits per heavy atom. The maximum absolute atomic E-state index is 12.3. The number of carboxylic acid groups (broad SMARTS) is 2. The van der Waals surface area contributed by atoms with E-state index in [0.717, 1.165) is 38.5 Å². The van der Waals surface area contributed by atoms with Gasteiger partial charge in [0, 0.05) is 38.9 Å². The smallest absolute Gasteiger partial charge is 0.326 e. The van der Waals surface area contributed by atoms with Gasteiger partial charge in [-0.2, -0.15) is 0 Å². The van der Waals surface area contributed by atoms with Crippen molar-refractivity contribution >= 4 is 54.3 Å². The molecule has 0 aliphatic heterocycles. The summed E-state index contributed by atoms with van der Waals surface area (Å²) < 4.78 is 23.8. The minimum atomic E-state index is -1.19. The molecule has 0 fully saturated rings. The van der Waals surface area contributed by atoms with Crippen LogP contribution in [0.5, 0.6) is 0 Å². The lowest BCUT2D eigenvalue weighted by molar-refractivity contribution is -0.142.